The quantitative estimate of drug-likeness (QED) is 0.848. The molecular weight excluding hydrogens is 240 g/mol. The van der Waals surface area contributed by atoms with Gasteiger partial charge < -0.3 is 10.5 Å². The van der Waals surface area contributed by atoms with E-state index in [0.29, 0.717) is 11.1 Å². The van der Waals surface area contributed by atoms with Gasteiger partial charge in [0.05, 0.1) is 6.61 Å². The SMILES string of the molecule is CCOC(=O)C(N)(c1ccccc1)c1cccnc1. The summed E-state index contributed by atoms with van der Waals surface area (Å²) in [5.74, 6) is -0.478. The van der Waals surface area contributed by atoms with Gasteiger partial charge in [-0.15, -0.1) is 0 Å². The number of carbonyl (C=O) groups is 1. The Morgan fingerprint density at radius 1 is 1.21 bits per heavy atom. The summed E-state index contributed by atoms with van der Waals surface area (Å²) in [5, 5.41) is 0. The minimum atomic E-state index is -1.33. The minimum Gasteiger partial charge on any atom is -0.464 e. The lowest BCUT2D eigenvalue weighted by Crippen LogP contribution is -2.47. The Morgan fingerprint density at radius 3 is 2.47 bits per heavy atom. The Labute approximate surface area is 112 Å². The second-order valence-electron chi connectivity index (χ2n) is 4.14. The van der Waals surface area contributed by atoms with Crippen molar-refractivity contribution in [1.82, 2.24) is 4.98 Å². The number of esters is 1. The van der Waals surface area contributed by atoms with Crippen LogP contribution in [0.2, 0.25) is 0 Å². The molecule has 0 saturated carbocycles. The fourth-order valence-corrected chi connectivity index (χ4v) is 1.94. The number of hydrogen-bond donors (Lipinski definition) is 1. The molecule has 2 N–H and O–H groups in total. The first kappa shape index (κ1) is 13.2. The molecule has 4 nitrogen and oxygen atoms in total. The Hall–Kier alpha value is -2.20. The van der Waals surface area contributed by atoms with Gasteiger partial charge in [0, 0.05) is 18.0 Å². The van der Waals surface area contributed by atoms with E-state index in [2.05, 4.69) is 4.98 Å². The highest BCUT2D eigenvalue weighted by Gasteiger charge is 2.39. The molecule has 1 unspecified atom stereocenters. The van der Waals surface area contributed by atoms with Gasteiger partial charge >= 0.3 is 5.97 Å². The van der Waals surface area contributed by atoms with Gasteiger partial charge in [-0.3, -0.25) is 4.98 Å². The number of nitrogens with two attached hydrogens (primary N) is 1. The van der Waals surface area contributed by atoms with E-state index in [1.165, 1.54) is 0 Å². The molecule has 0 aliphatic carbocycles. The van der Waals surface area contributed by atoms with Gasteiger partial charge in [0.15, 0.2) is 5.54 Å². The van der Waals surface area contributed by atoms with Gasteiger partial charge in [-0.1, -0.05) is 36.4 Å². The largest absolute Gasteiger partial charge is 0.464 e. The standard InChI is InChI=1S/C15H16N2O2/c1-2-19-14(18)15(16,12-7-4-3-5-8-12)13-9-6-10-17-11-13/h3-11H,2,16H2,1H3. The van der Waals surface area contributed by atoms with Crippen LogP contribution in [0.25, 0.3) is 0 Å². The number of benzene rings is 1. The molecular formula is C15H16N2O2. The highest BCUT2D eigenvalue weighted by atomic mass is 16.5. The highest BCUT2D eigenvalue weighted by molar-refractivity contribution is 5.86. The normalized spacial score (nSPS) is 13.6. The Balaban J connectivity index is 2.54. The lowest BCUT2D eigenvalue weighted by atomic mass is 9.84. The van der Waals surface area contributed by atoms with Crippen LogP contribution in [0.1, 0.15) is 18.1 Å². The van der Waals surface area contributed by atoms with Gasteiger partial charge in [-0.2, -0.15) is 0 Å². The second kappa shape index (κ2) is 5.63. The Morgan fingerprint density at radius 2 is 1.89 bits per heavy atom. The summed E-state index contributed by atoms with van der Waals surface area (Å²) in [6, 6.07) is 12.7. The molecule has 1 atom stereocenters. The molecule has 2 aromatic rings. The molecule has 98 valence electrons. The van der Waals surface area contributed by atoms with Gasteiger partial charge in [-0.05, 0) is 18.6 Å². The van der Waals surface area contributed by atoms with Crippen molar-refractivity contribution in [2.75, 3.05) is 6.61 Å². The van der Waals surface area contributed by atoms with E-state index < -0.39 is 11.5 Å². The zero-order valence-corrected chi connectivity index (χ0v) is 10.7. The molecule has 0 saturated heterocycles. The Kier molecular flexibility index (Phi) is 3.92. The van der Waals surface area contributed by atoms with Crippen LogP contribution >= 0.6 is 0 Å². The number of aromatic nitrogens is 1. The molecule has 0 amide bonds. The van der Waals surface area contributed by atoms with Crippen molar-refractivity contribution in [2.45, 2.75) is 12.5 Å². The van der Waals surface area contributed by atoms with E-state index in [1.54, 1.807) is 31.5 Å². The van der Waals surface area contributed by atoms with Crippen LogP contribution in [-0.4, -0.2) is 17.6 Å². The number of nitrogens with zero attached hydrogens (tertiary/aromatic N) is 1. The monoisotopic (exact) mass is 256 g/mol. The molecule has 2 rings (SSSR count). The zero-order valence-electron chi connectivity index (χ0n) is 10.7. The first-order valence-electron chi connectivity index (χ1n) is 6.11. The summed E-state index contributed by atoms with van der Waals surface area (Å²) in [6.07, 6.45) is 3.23. The third-order valence-electron chi connectivity index (χ3n) is 2.94. The highest BCUT2D eigenvalue weighted by Crippen LogP contribution is 2.27. The van der Waals surface area contributed by atoms with Crippen LogP contribution < -0.4 is 5.73 Å². The van der Waals surface area contributed by atoms with Crippen molar-refractivity contribution in [3.05, 3.63) is 66.0 Å². The minimum absolute atomic E-state index is 0.283. The van der Waals surface area contributed by atoms with Crippen molar-refractivity contribution < 1.29 is 9.53 Å². The zero-order chi connectivity index (χ0) is 13.7. The molecule has 4 heteroatoms. The molecule has 0 aliphatic rings. The molecule has 0 aliphatic heterocycles. The van der Waals surface area contributed by atoms with E-state index in [9.17, 15) is 4.79 Å². The lowest BCUT2D eigenvalue weighted by molar-refractivity contribution is -0.148. The summed E-state index contributed by atoms with van der Waals surface area (Å²) in [5.41, 5.74) is 6.32. The summed E-state index contributed by atoms with van der Waals surface area (Å²) < 4.78 is 5.12. The van der Waals surface area contributed by atoms with E-state index in [-0.39, 0.29) is 6.61 Å². The summed E-state index contributed by atoms with van der Waals surface area (Å²) >= 11 is 0. The molecule has 0 spiro atoms. The van der Waals surface area contributed by atoms with Gasteiger partial charge in [0.25, 0.3) is 0 Å². The maximum atomic E-state index is 12.3. The van der Waals surface area contributed by atoms with E-state index in [0.717, 1.165) is 0 Å². The molecule has 0 fully saturated rings. The predicted molar refractivity (Wildman–Crippen MR) is 72.3 cm³/mol. The van der Waals surface area contributed by atoms with Gasteiger partial charge in [0.2, 0.25) is 0 Å². The maximum Gasteiger partial charge on any atom is 0.335 e. The van der Waals surface area contributed by atoms with E-state index >= 15 is 0 Å². The van der Waals surface area contributed by atoms with Crippen molar-refractivity contribution >= 4 is 5.97 Å². The third-order valence-corrected chi connectivity index (χ3v) is 2.94. The maximum absolute atomic E-state index is 12.3. The van der Waals surface area contributed by atoms with Crippen LogP contribution in [-0.2, 0) is 15.1 Å². The number of ether oxygens (including phenoxy) is 1. The number of rotatable bonds is 4. The average molecular weight is 256 g/mol. The topological polar surface area (TPSA) is 65.2 Å². The van der Waals surface area contributed by atoms with Gasteiger partial charge in [0.1, 0.15) is 0 Å². The van der Waals surface area contributed by atoms with Crippen LogP contribution in [0.3, 0.4) is 0 Å². The van der Waals surface area contributed by atoms with E-state index in [4.69, 9.17) is 10.5 Å². The van der Waals surface area contributed by atoms with Crippen molar-refractivity contribution in [3.8, 4) is 0 Å². The predicted octanol–water partition coefficient (Wildman–Crippen LogP) is 1.85. The molecule has 0 bridgehead atoms. The van der Waals surface area contributed by atoms with Gasteiger partial charge in [-0.25, -0.2) is 4.79 Å². The van der Waals surface area contributed by atoms with Crippen LogP contribution in [0.15, 0.2) is 54.9 Å². The summed E-state index contributed by atoms with van der Waals surface area (Å²) in [4.78, 5) is 16.3. The van der Waals surface area contributed by atoms with Crippen LogP contribution in [0, 0.1) is 0 Å². The van der Waals surface area contributed by atoms with Crippen molar-refractivity contribution in [3.63, 3.8) is 0 Å². The fraction of sp³-hybridized carbons (Fsp3) is 0.200. The molecule has 1 aromatic heterocycles. The number of pyridine rings is 1. The lowest BCUT2D eigenvalue weighted by Gasteiger charge is -2.27. The van der Waals surface area contributed by atoms with E-state index in [1.807, 2.05) is 30.3 Å². The third kappa shape index (κ3) is 2.48. The fourth-order valence-electron chi connectivity index (χ4n) is 1.94. The molecule has 1 heterocycles. The first-order chi connectivity index (χ1) is 9.19. The van der Waals surface area contributed by atoms with Crippen LogP contribution in [0.5, 0.6) is 0 Å². The van der Waals surface area contributed by atoms with Crippen molar-refractivity contribution in [2.24, 2.45) is 5.73 Å². The molecule has 1 aromatic carbocycles. The van der Waals surface area contributed by atoms with Crippen molar-refractivity contribution in [1.29, 1.82) is 0 Å². The summed E-state index contributed by atoms with van der Waals surface area (Å²) in [7, 11) is 0. The number of hydrogen-bond acceptors (Lipinski definition) is 4. The second-order valence-corrected chi connectivity index (χ2v) is 4.14. The number of carbonyl (C=O) groups excluding carboxylic acids is 1. The average Bonchev–Trinajstić information content (AvgIpc) is 2.48. The molecule has 0 radical (unpaired) electrons. The summed E-state index contributed by atoms with van der Waals surface area (Å²) in [6.45, 7) is 2.04. The Bertz CT molecular complexity index is 501. The first-order valence-corrected chi connectivity index (χ1v) is 6.11. The molecule has 19 heavy (non-hydrogen) atoms. The smallest absolute Gasteiger partial charge is 0.335 e. The van der Waals surface area contributed by atoms with Crippen LogP contribution in [0.4, 0.5) is 0 Å².